The van der Waals surface area contributed by atoms with E-state index >= 15 is 0 Å². The Hall–Kier alpha value is -0.0700. The molecule has 0 heterocycles. The minimum atomic E-state index is -1.54. The van der Waals surface area contributed by atoms with Crippen LogP contribution in [0.15, 0.2) is 0 Å². The van der Waals surface area contributed by atoms with E-state index in [-0.39, 0.29) is 5.75 Å². The van der Waals surface area contributed by atoms with Crippen molar-refractivity contribution < 1.29 is 13.2 Å². The number of carbonyl (C=O) groups excluding carboxylic acids is 1. The fourth-order valence-electron chi connectivity index (χ4n) is 0.436. The number of hydrogen-bond acceptors (Lipinski definition) is 5. The van der Waals surface area contributed by atoms with Gasteiger partial charge in [-0.2, -0.15) is 12.6 Å². The molecular weight excluding hydrogens is 198 g/mol. The van der Waals surface area contributed by atoms with Crippen LogP contribution in [0.4, 0.5) is 0 Å². The quantitative estimate of drug-likeness (QED) is 0.621. The summed E-state index contributed by atoms with van der Waals surface area (Å²) in [5, 5.41) is 0. The van der Waals surface area contributed by atoms with Crippen LogP contribution >= 0.6 is 12.6 Å². The predicted molar refractivity (Wildman–Crippen MR) is 51.2 cm³/mol. The Kier molecular flexibility index (Phi) is 6.41. The minimum Gasteiger partial charge on any atom is -0.363 e. The number of thiol groups is 1. The average Bonchev–Trinajstić information content (AvgIpc) is 2.03. The smallest absolute Gasteiger partial charge is 0.337 e. The highest BCUT2D eigenvalue weighted by Gasteiger charge is 2.15. The first-order chi connectivity index (χ1) is 5.61. The molecular formula is C6H13NO3S2. The van der Waals surface area contributed by atoms with Crippen LogP contribution in [0.2, 0.25) is 0 Å². The molecule has 0 fully saturated rings. The fourth-order valence-corrected chi connectivity index (χ4v) is 1.31. The van der Waals surface area contributed by atoms with Crippen molar-refractivity contribution in [2.45, 2.75) is 19.4 Å². The van der Waals surface area contributed by atoms with Crippen molar-refractivity contribution in [3.8, 4) is 0 Å². The van der Waals surface area contributed by atoms with Crippen LogP contribution in [0.1, 0.15) is 13.3 Å². The highest BCUT2D eigenvalue weighted by Crippen LogP contribution is 1.94. The van der Waals surface area contributed by atoms with Crippen molar-refractivity contribution in [1.82, 2.24) is 0 Å². The van der Waals surface area contributed by atoms with Gasteiger partial charge in [-0.25, -0.2) is 9.00 Å². The second kappa shape index (κ2) is 6.45. The summed E-state index contributed by atoms with van der Waals surface area (Å²) in [6, 6.07) is -0.783. The molecule has 0 spiro atoms. The van der Waals surface area contributed by atoms with E-state index in [0.29, 0.717) is 12.2 Å². The molecule has 4 nitrogen and oxygen atoms in total. The molecule has 0 aromatic carbocycles. The van der Waals surface area contributed by atoms with Gasteiger partial charge in [0.2, 0.25) is 11.1 Å². The zero-order valence-corrected chi connectivity index (χ0v) is 8.57. The topological polar surface area (TPSA) is 69.4 Å². The molecule has 0 bridgehead atoms. The largest absolute Gasteiger partial charge is 0.363 e. The van der Waals surface area contributed by atoms with Crippen molar-refractivity contribution in [3.05, 3.63) is 0 Å². The first kappa shape index (κ1) is 11.9. The lowest BCUT2D eigenvalue weighted by Crippen LogP contribution is -2.34. The Morgan fingerprint density at radius 3 is 2.75 bits per heavy atom. The predicted octanol–water partition coefficient (Wildman–Crippen LogP) is -0.140. The molecule has 0 aromatic heterocycles. The molecule has 0 saturated carbocycles. The number of nitrogens with two attached hydrogens (primary N) is 1. The maximum absolute atomic E-state index is 10.9. The number of carbonyl (C=O) groups is 1. The fraction of sp³-hybridized carbons (Fsp3) is 0.833. The molecule has 0 radical (unpaired) electrons. The van der Waals surface area contributed by atoms with Crippen molar-refractivity contribution in [2.24, 2.45) is 5.73 Å². The Morgan fingerprint density at radius 1 is 1.75 bits per heavy atom. The van der Waals surface area contributed by atoms with Gasteiger partial charge in [0, 0.05) is 5.75 Å². The van der Waals surface area contributed by atoms with Crippen molar-refractivity contribution in [2.75, 3.05) is 11.5 Å². The molecule has 2 N–H and O–H groups in total. The van der Waals surface area contributed by atoms with E-state index in [1.54, 1.807) is 0 Å². The molecule has 2 atom stereocenters. The summed E-state index contributed by atoms with van der Waals surface area (Å²) in [7, 11) is 0. The second-order valence-corrected chi connectivity index (χ2v) is 3.75. The van der Waals surface area contributed by atoms with Gasteiger partial charge in [0.25, 0.3) is 0 Å². The summed E-state index contributed by atoms with van der Waals surface area (Å²) in [6.45, 7) is 1.85. The lowest BCUT2D eigenvalue weighted by Gasteiger charge is -2.06. The van der Waals surface area contributed by atoms with E-state index in [4.69, 9.17) is 5.73 Å². The van der Waals surface area contributed by atoms with Crippen LogP contribution in [-0.4, -0.2) is 27.7 Å². The lowest BCUT2D eigenvalue weighted by molar-refractivity contribution is -0.134. The molecule has 0 saturated heterocycles. The molecule has 0 amide bonds. The van der Waals surface area contributed by atoms with Crippen molar-refractivity contribution in [1.29, 1.82) is 0 Å². The molecule has 0 aliphatic carbocycles. The SMILES string of the molecule is CCCS(=O)OC(=O)C(N)CS. The maximum atomic E-state index is 10.9. The van der Waals surface area contributed by atoms with Crippen LogP contribution in [-0.2, 0) is 20.1 Å². The second-order valence-electron chi connectivity index (χ2n) is 2.20. The van der Waals surface area contributed by atoms with E-state index in [1.807, 2.05) is 6.92 Å². The Labute approximate surface area is 79.9 Å². The third-order valence-corrected chi connectivity index (χ3v) is 2.53. The van der Waals surface area contributed by atoms with Gasteiger partial charge in [0.1, 0.15) is 6.04 Å². The van der Waals surface area contributed by atoms with Crippen LogP contribution in [0.3, 0.4) is 0 Å². The first-order valence-electron chi connectivity index (χ1n) is 3.58. The summed E-state index contributed by atoms with van der Waals surface area (Å²) in [4.78, 5) is 10.9. The van der Waals surface area contributed by atoms with Gasteiger partial charge in [0.15, 0.2) is 0 Å². The lowest BCUT2D eigenvalue weighted by atomic mass is 10.4. The minimum absolute atomic E-state index is 0.197. The summed E-state index contributed by atoms with van der Waals surface area (Å²) in [6.07, 6.45) is 0.704. The average molecular weight is 211 g/mol. The number of hydrogen-bond donors (Lipinski definition) is 2. The number of rotatable bonds is 5. The summed E-state index contributed by atoms with van der Waals surface area (Å²) in [5.41, 5.74) is 5.28. The molecule has 0 aliphatic rings. The van der Waals surface area contributed by atoms with Gasteiger partial charge in [-0.05, 0) is 6.42 Å². The van der Waals surface area contributed by atoms with Gasteiger partial charge < -0.3 is 9.92 Å². The molecule has 2 unspecified atom stereocenters. The maximum Gasteiger partial charge on any atom is 0.337 e. The summed E-state index contributed by atoms with van der Waals surface area (Å²) in [5.74, 6) is -0.107. The molecule has 0 aromatic rings. The van der Waals surface area contributed by atoms with E-state index in [0.717, 1.165) is 0 Å². The zero-order valence-electron chi connectivity index (χ0n) is 6.86. The van der Waals surface area contributed by atoms with E-state index < -0.39 is 23.1 Å². The highest BCUT2D eigenvalue weighted by atomic mass is 32.2. The normalized spacial score (nSPS) is 15.2. The van der Waals surface area contributed by atoms with Crippen LogP contribution in [0, 0.1) is 0 Å². The van der Waals surface area contributed by atoms with Gasteiger partial charge >= 0.3 is 5.97 Å². The first-order valence-corrected chi connectivity index (χ1v) is 5.46. The van der Waals surface area contributed by atoms with Crippen LogP contribution in [0.25, 0.3) is 0 Å². The zero-order chi connectivity index (χ0) is 9.56. The van der Waals surface area contributed by atoms with E-state index in [9.17, 15) is 9.00 Å². The molecule has 12 heavy (non-hydrogen) atoms. The van der Waals surface area contributed by atoms with Crippen LogP contribution in [0.5, 0.6) is 0 Å². The van der Waals surface area contributed by atoms with Crippen LogP contribution < -0.4 is 5.73 Å². The van der Waals surface area contributed by atoms with Crippen molar-refractivity contribution in [3.63, 3.8) is 0 Å². The molecule has 6 heteroatoms. The molecule has 0 aliphatic heterocycles. The molecule has 72 valence electrons. The van der Waals surface area contributed by atoms with Gasteiger partial charge in [-0.3, -0.25) is 0 Å². The third-order valence-electron chi connectivity index (χ3n) is 1.05. The Balaban J connectivity index is 3.76. The Bertz CT molecular complexity index is 174. The monoisotopic (exact) mass is 211 g/mol. The van der Waals surface area contributed by atoms with Gasteiger partial charge in [-0.15, -0.1) is 0 Å². The summed E-state index contributed by atoms with van der Waals surface area (Å²) < 4.78 is 15.4. The molecule has 0 rings (SSSR count). The van der Waals surface area contributed by atoms with E-state index in [2.05, 4.69) is 16.8 Å². The standard InChI is InChI=1S/C6H13NO3S2/c1-2-3-12(9)10-6(8)5(7)4-11/h5,11H,2-4,7H2,1H3. The van der Waals surface area contributed by atoms with Gasteiger partial charge in [-0.1, -0.05) is 6.92 Å². The Morgan fingerprint density at radius 2 is 2.33 bits per heavy atom. The van der Waals surface area contributed by atoms with Gasteiger partial charge in [0.05, 0.1) is 5.75 Å². The van der Waals surface area contributed by atoms with E-state index in [1.165, 1.54) is 0 Å². The third kappa shape index (κ3) is 4.74. The summed E-state index contributed by atoms with van der Waals surface area (Å²) >= 11 is 2.27. The van der Waals surface area contributed by atoms with Crippen molar-refractivity contribution >= 4 is 29.7 Å². The highest BCUT2D eigenvalue weighted by molar-refractivity contribution is 7.80.